The van der Waals surface area contributed by atoms with Gasteiger partial charge in [-0.1, -0.05) is 26.7 Å². The zero-order chi connectivity index (χ0) is 14.3. The van der Waals surface area contributed by atoms with Crippen LogP contribution in [0.5, 0.6) is 0 Å². The molecule has 0 aromatic carbocycles. The molecule has 1 heterocycles. The fraction of sp³-hybridized carbons (Fsp3) is 1.00. The van der Waals surface area contributed by atoms with Crippen molar-refractivity contribution >= 4 is 0 Å². The van der Waals surface area contributed by atoms with Crippen molar-refractivity contribution in [2.75, 3.05) is 19.8 Å². The molecule has 4 nitrogen and oxygen atoms in total. The minimum Gasteiger partial charge on any atom is -0.385 e. The van der Waals surface area contributed by atoms with Crippen molar-refractivity contribution in [3.05, 3.63) is 0 Å². The third-order valence-electron chi connectivity index (χ3n) is 3.87. The zero-order valence-corrected chi connectivity index (χ0v) is 12.9. The van der Waals surface area contributed by atoms with Gasteiger partial charge in [0.05, 0.1) is 12.7 Å². The third-order valence-corrected chi connectivity index (χ3v) is 3.87. The van der Waals surface area contributed by atoms with Gasteiger partial charge >= 0.3 is 0 Å². The maximum absolute atomic E-state index is 10.6. The predicted molar refractivity (Wildman–Crippen MR) is 75.3 cm³/mol. The Bertz CT molecular complexity index is 242. The van der Waals surface area contributed by atoms with Crippen molar-refractivity contribution in [2.45, 2.75) is 77.3 Å². The zero-order valence-electron chi connectivity index (χ0n) is 12.9. The van der Waals surface area contributed by atoms with Gasteiger partial charge < -0.3 is 19.3 Å². The first-order chi connectivity index (χ1) is 9.04. The molecule has 0 saturated carbocycles. The van der Waals surface area contributed by atoms with Crippen LogP contribution in [0.2, 0.25) is 0 Å². The summed E-state index contributed by atoms with van der Waals surface area (Å²) in [4.78, 5) is 0. The van der Waals surface area contributed by atoms with Gasteiger partial charge in [-0.25, -0.2) is 0 Å². The van der Waals surface area contributed by atoms with Crippen LogP contribution in [0.1, 0.15) is 53.4 Å². The lowest BCUT2D eigenvalue weighted by molar-refractivity contribution is -0.254. The Kier molecular flexibility index (Phi) is 7.29. The summed E-state index contributed by atoms with van der Waals surface area (Å²) in [6.45, 7) is 9.79. The van der Waals surface area contributed by atoms with Gasteiger partial charge in [-0.15, -0.1) is 0 Å². The molecule has 4 atom stereocenters. The lowest BCUT2D eigenvalue weighted by Gasteiger charge is -2.45. The molecular weight excluding hydrogens is 244 g/mol. The summed E-state index contributed by atoms with van der Waals surface area (Å²) >= 11 is 0. The van der Waals surface area contributed by atoms with E-state index in [0.29, 0.717) is 19.8 Å². The van der Waals surface area contributed by atoms with Gasteiger partial charge in [-0.2, -0.15) is 0 Å². The molecule has 3 unspecified atom stereocenters. The summed E-state index contributed by atoms with van der Waals surface area (Å²) in [5.41, 5.74) is -0.997. The van der Waals surface area contributed by atoms with Gasteiger partial charge in [0.15, 0.2) is 0 Å². The molecule has 0 aromatic rings. The highest BCUT2D eigenvalue weighted by Gasteiger charge is 2.48. The second-order valence-corrected chi connectivity index (χ2v) is 5.61. The first-order valence-electron chi connectivity index (χ1n) is 7.61. The summed E-state index contributed by atoms with van der Waals surface area (Å²) in [6.07, 6.45) is 3.50. The molecule has 1 rings (SSSR count). The number of hydrogen-bond donors (Lipinski definition) is 1. The summed E-state index contributed by atoms with van der Waals surface area (Å²) < 4.78 is 17.4. The molecule has 1 aliphatic heterocycles. The maximum Gasteiger partial charge on any atom is 0.117 e. The second-order valence-electron chi connectivity index (χ2n) is 5.61. The molecule has 0 aliphatic carbocycles. The Hall–Kier alpha value is -0.160. The smallest absolute Gasteiger partial charge is 0.117 e. The molecule has 1 saturated heterocycles. The van der Waals surface area contributed by atoms with E-state index in [1.807, 2.05) is 6.92 Å². The van der Waals surface area contributed by atoms with Gasteiger partial charge in [0.1, 0.15) is 17.8 Å². The minimum atomic E-state index is -0.997. The molecule has 0 spiro atoms. The highest BCUT2D eigenvalue weighted by molar-refractivity contribution is 4.97. The molecule has 0 bridgehead atoms. The highest BCUT2D eigenvalue weighted by Crippen LogP contribution is 2.30. The molecule has 0 radical (unpaired) electrons. The molecule has 1 fully saturated rings. The molecule has 4 heteroatoms. The third kappa shape index (κ3) is 4.71. The predicted octanol–water partition coefficient (Wildman–Crippen LogP) is 2.53. The van der Waals surface area contributed by atoms with Crippen LogP contribution in [0.25, 0.3) is 0 Å². The largest absolute Gasteiger partial charge is 0.385 e. The molecule has 1 aliphatic rings. The van der Waals surface area contributed by atoms with Crippen molar-refractivity contribution in [1.29, 1.82) is 0 Å². The van der Waals surface area contributed by atoms with Gasteiger partial charge in [0.2, 0.25) is 0 Å². The first-order valence-corrected chi connectivity index (χ1v) is 7.61. The van der Waals surface area contributed by atoms with E-state index >= 15 is 0 Å². The summed E-state index contributed by atoms with van der Waals surface area (Å²) in [6, 6.07) is 0. The van der Waals surface area contributed by atoms with Crippen molar-refractivity contribution in [1.82, 2.24) is 0 Å². The van der Waals surface area contributed by atoms with E-state index in [0.717, 1.165) is 25.7 Å². The Morgan fingerprint density at radius 2 is 1.74 bits per heavy atom. The van der Waals surface area contributed by atoms with Crippen LogP contribution >= 0.6 is 0 Å². The van der Waals surface area contributed by atoms with Gasteiger partial charge in [0.25, 0.3) is 0 Å². The summed E-state index contributed by atoms with van der Waals surface area (Å²) in [7, 11) is 0. The van der Waals surface area contributed by atoms with Gasteiger partial charge in [-0.05, 0) is 26.7 Å². The fourth-order valence-corrected chi connectivity index (χ4v) is 2.25. The average molecular weight is 274 g/mol. The molecule has 0 amide bonds. The van der Waals surface area contributed by atoms with Crippen LogP contribution in [0.15, 0.2) is 0 Å². The van der Waals surface area contributed by atoms with Crippen molar-refractivity contribution < 1.29 is 19.3 Å². The second kappa shape index (κ2) is 8.20. The van der Waals surface area contributed by atoms with Crippen LogP contribution < -0.4 is 0 Å². The SMILES string of the molecule is CCCCOC1COC(C)[C@@](C)(O)C1OCCCC. The molecular formula is C15H30O4. The normalized spacial score (nSPS) is 35.5. The maximum atomic E-state index is 10.6. The summed E-state index contributed by atoms with van der Waals surface area (Å²) in [5.74, 6) is 0. The van der Waals surface area contributed by atoms with Crippen LogP contribution in [0, 0.1) is 0 Å². The van der Waals surface area contributed by atoms with E-state index in [1.165, 1.54) is 0 Å². The molecule has 19 heavy (non-hydrogen) atoms. The van der Waals surface area contributed by atoms with E-state index < -0.39 is 5.60 Å². The van der Waals surface area contributed by atoms with Crippen molar-refractivity contribution in [3.8, 4) is 0 Å². The fourth-order valence-electron chi connectivity index (χ4n) is 2.25. The van der Waals surface area contributed by atoms with Crippen LogP contribution in [-0.4, -0.2) is 48.8 Å². The standard InChI is InChI=1S/C15H30O4/c1-5-7-9-17-13-11-19-12(3)15(4,16)14(13)18-10-8-6-2/h12-14,16H,5-11H2,1-4H3/t12?,13?,14?,15-/m1/s1. The number of unbranched alkanes of at least 4 members (excludes halogenated alkanes) is 2. The molecule has 0 aromatic heterocycles. The monoisotopic (exact) mass is 274 g/mol. The first kappa shape index (κ1) is 16.9. The van der Waals surface area contributed by atoms with Crippen molar-refractivity contribution in [2.24, 2.45) is 0 Å². The lowest BCUT2D eigenvalue weighted by Crippen LogP contribution is -2.62. The number of aliphatic hydroxyl groups is 1. The van der Waals surface area contributed by atoms with Crippen molar-refractivity contribution in [3.63, 3.8) is 0 Å². The minimum absolute atomic E-state index is 0.172. The lowest BCUT2D eigenvalue weighted by atomic mass is 9.87. The van der Waals surface area contributed by atoms with Crippen LogP contribution in [0.3, 0.4) is 0 Å². The topological polar surface area (TPSA) is 47.9 Å². The average Bonchev–Trinajstić information content (AvgIpc) is 2.37. The van der Waals surface area contributed by atoms with Crippen LogP contribution in [0.4, 0.5) is 0 Å². The van der Waals surface area contributed by atoms with Gasteiger partial charge in [-0.3, -0.25) is 0 Å². The quantitative estimate of drug-likeness (QED) is 0.691. The van der Waals surface area contributed by atoms with E-state index in [2.05, 4.69) is 13.8 Å². The van der Waals surface area contributed by atoms with E-state index in [1.54, 1.807) is 6.92 Å². The van der Waals surface area contributed by atoms with Gasteiger partial charge in [0, 0.05) is 13.2 Å². The highest BCUT2D eigenvalue weighted by atomic mass is 16.6. The Morgan fingerprint density at radius 1 is 1.16 bits per heavy atom. The number of rotatable bonds is 8. The Balaban J connectivity index is 2.59. The van der Waals surface area contributed by atoms with E-state index in [-0.39, 0.29) is 18.3 Å². The Labute approximate surface area is 117 Å². The molecule has 1 N–H and O–H groups in total. The molecule has 114 valence electrons. The number of hydrogen-bond acceptors (Lipinski definition) is 4. The Morgan fingerprint density at radius 3 is 2.32 bits per heavy atom. The van der Waals surface area contributed by atoms with E-state index in [9.17, 15) is 5.11 Å². The summed E-state index contributed by atoms with van der Waals surface area (Å²) in [5, 5.41) is 10.6. The number of ether oxygens (including phenoxy) is 3. The van der Waals surface area contributed by atoms with Crippen LogP contribution in [-0.2, 0) is 14.2 Å². The van der Waals surface area contributed by atoms with E-state index in [4.69, 9.17) is 14.2 Å².